The lowest BCUT2D eigenvalue weighted by Crippen LogP contribution is -2.35. The van der Waals surface area contributed by atoms with Crippen LogP contribution in [0, 0.1) is 5.82 Å². The molecule has 0 spiro atoms. The zero-order chi connectivity index (χ0) is 13.7. The molecule has 2 rings (SSSR count). The third kappa shape index (κ3) is 4.17. The number of hydrogen-bond acceptors (Lipinski definition) is 2. The van der Waals surface area contributed by atoms with E-state index >= 15 is 0 Å². The van der Waals surface area contributed by atoms with Crippen LogP contribution >= 0.6 is 0 Å². The smallest absolute Gasteiger partial charge is 0.223 e. The van der Waals surface area contributed by atoms with Gasteiger partial charge >= 0.3 is 0 Å². The van der Waals surface area contributed by atoms with Gasteiger partial charge in [-0.15, -0.1) is 0 Å². The maximum atomic E-state index is 13.0. The minimum atomic E-state index is -0.969. The van der Waals surface area contributed by atoms with Gasteiger partial charge in [-0.2, -0.15) is 0 Å². The van der Waals surface area contributed by atoms with Gasteiger partial charge in [0.15, 0.2) is 0 Å². The van der Waals surface area contributed by atoms with E-state index in [9.17, 15) is 14.3 Å². The first-order valence-corrected chi connectivity index (χ1v) is 6.54. The second kappa shape index (κ2) is 6.48. The summed E-state index contributed by atoms with van der Waals surface area (Å²) in [6.45, 7) is 0. The van der Waals surface area contributed by atoms with Gasteiger partial charge in [0.1, 0.15) is 5.82 Å². The van der Waals surface area contributed by atoms with Crippen LogP contribution in [0.15, 0.2) is 36.4 Å². The molecule has 0 fully saturated rings. The average Bonchev–Trinajstić information content (AvgIpc) is 2.39. The number of hydrogen-bond donors (Lipinski definition) is 2. The van der Waals surface area contributed by atoms with Gasteiger partial charge in [0, 0.05) is 6.04 Å². The number of halogens is 1. The molecule has 2 unspecified atom stereocenters. The zero-order valence-corrected chi connectivity index (χ0v) is 10.7. The number of benzene rings is 1. The van der Waals surface area contributed by atoms with Gasteiger partial charge in [-0.05, 0) is 37.0 Å². The van der Waals surface area contributed by atoms with Gasteiger partial charge in [0.25, 0.3) is 0 Å². The number of nitrogens with one attached hydrogen (secondary N) is 1. The summed E-state index contributed by atoms with van der Waals surface area (Å²) in [6.07, 6.45) is 6.06. The van der Waals surface area contributed by atoms with E-state index in [2.05, 4.69) is 11.4 Å². The van der Waals surface area contributed by atoms with Crippen molar-refractivity contribution in [3.8, 4) is 0 Å². The predicted octanol–water partition coefficient (Wildman–Crippen LogP) is 2.47. The van der Waals surface area contributed by atoms with Gasteiger partial charge in [-0.1, -0.05) is 24.3 Å². The topological polar surface area (TPSA) is 49.3 Å². The lowest BCUT2D eigenvalue weighted by Gasteiger charge is -2.19. The van der Waals surface area contributed by atoms with Crippen LogP contribution in [0.2, 0.25) is 0 Å². The molecule has 0 aliphatic heterocycles. The third-order valence-corrected chi connectivity index (χ3v) is 3.21. The second-order valence-electron chi connectivity index (χ2n) is 4.81. The first-order chi connectivity index (χ1) is 9.15. The lowest BCUT2D eigenvalue weighted by atomic mass is 10.0. The molecule has 0 aromatic heterocycles. The minimum absolute atomic E-state index is 0.0478. The Bertz CT molecular complexity index is 473. The van der Waals surface area contributed by atoms with Crippen LogP contribution in [0.5, 0.6) is 0 Å². The van der Waals surface area contributed by atoms with Gasteiger partial charge in [0.05, 0.1) is 12.5 Å². The molecule has 0 saturated heterocycles. The molecule has 1 amide bonds. The maximum Gasteiger partial charge on any atom is 0.223 e. The molecule has 2 N–H and O–H groups in total. The van der Waals surface area contributed by atoms with Crippen molar-refractivity contribution in [2.24, 2.45) is 0 Å². The van der Waals surface area contributed by atoms with Gasteiger partial charge in [-0.25, -0.2) is 4.39 Å². The molecule has 0 bridgehead atoms. The van der Waals surface area contributed by atoms with Crippen LogP contribution in [-0.2, 0) is 4.79 Å². The normalized spacial score (nSPS) is 20.0. The van der Waals surface area contributed by atoms with E-state index in [1.54, 1.807) is 6.07 Å². The molecule has 1 aliphatic rings. The molecular weight excluding hydrogens is 245 g/mol. The molecule has 2 atom stereocenters. The zero-order valence-electron chi connectivity index (χ0n) is 10.7. The number of rotatable bonds is 4. The van der Waals surface area contributed by atoms with Crippen molar-refractivity contribution >= 4 is 5.91 Å². The molecule has 0 heterocycles. The number of allylic oxidation sites excluding steroid dienone is 1. The Labute approximate surface area is 112 Å². The Morgan fingerprint density at radius 3 is 3.05 bits per heavy atom. The Kier molecular flexibility index (Phi) is 4.68. The first kappa shape index (κ1) is 13.7. The molecule has 1 aromatic carbocycles. The van der Waals surface area contributed by atoms with Gasteiger partial charge in [-0.3, -0.25) is 4.79 Å². The quantitative estimate of drug-likeness (QED) is 0.820. The highest BCUT2D eigenvalue weighted by molar-refractivity contribution is 5.77. The van der Waals surface area contributed by atoms with Crippen molar-refractivity contribution in [3.63, 3.8) is 0 Å². The van der Waals surface area contributed by atoms with E-state index in [0.29, 0.717) is 5.56 Å². The van der Waals surface area contributed by atoms with Gasteiger partial charge < -0.3 is 10.4 Å². The molecule has 1 aliphatic carbocycles. The van der Waals surface area contributed by atoms with Crippen LogP contribution in [0.3, 0.4) is 0 Å². The van der Waals surface area contributed by atoms with E-state index in [0.717, 1.165) is 19.3 Å². The van der Waals surface area contributed by atoms with Crippen molar-refractivity contribution in [2.45, 2.75) is 37.8 Å². The highest BCUT2D eigenvalue weighted by Crippen LogP contribution is 2.18. The maximum absolute atomic E-state index is 13.0. The van der Waals surface area contributed by atoms with Crippen LogP contribution < -0.4 is 5.32 Å². The predicted molar refractivity (Wildman–Crippen MR) is 70.9 cm³/mol. The summed E-state index contributed by atoms with van der Waals surface area (Å²) in [5, 5.41) is 12.8. The standard InChI is InChI=1S/C15H18FNO2/c16-12-6-4-5-11(9-12)14(18)10-15(19)17-13-7-2-1-3-8-13/h2,4-7,9,13-14,18H,1,3,8,10H2,(H,17,19). The SMILES string of the molecule is O=C(CC(O)c1cccc(F)c1)NC1C=CCCC1. The Morgan fingerprint density at radius 1 is 1.53 bits per heavy atom. The summed E-state index contributed by atoms with van der Waals surface area (Å²) >= 11 is 0. The summed E-state index contributed by atoms with van der Waals surface area (Å²) in [6, 6.07) is 5.75. The van der Waals surface area contributed by atoms with E-state index in [1.807, 2.05) is 6.08 Å². The molecule has 19 heavy (non-hydrogen) atoms. The highest BCUT2D eigenvalue weighted by atomic mass is 19.1. The van der Waals surface area contributed by atoms with E-state index < -0.39 is 11.9 Å². The number of carbonyl (C=O) groups excluding carboxylic acids is 1. The van der Waals surface area contributed by atoms with Crippen LogP contribution in [0.4, 0.5) is 4.39 Å². The molecule has 102 valence electrons. The fourth-order valence-corrected chi connectivity index (χ4v) is 2.21. The number of aliphatic hydroxyl groups excluding tert-OH is 1. The summed E-state index contributed by atoms with van der Waals surface area (Å²) < 4.78 is 13.0. The summed E-state index contributed by atoms with van der Waals surface area (Å²) in [5.41, 5.74) is 0.425. The summed E-state index contributed by atoms with van der Waals surface area (Å²) in [5.74, 6) is -0.625. The molecule has 3 nitrogen and oxygen atoms in total. The monoisotopic (exact) mass is 263 g/mol. The molecule has 0 saturated carbocycles. The number of amides is 1. The molecule has 1 aromatic rings. The van der Waals surface area contributed by atoms with E-state index in [4.69, 9.17) is 0 Å². The number of carbonyl (C=O) groups is 1. The molecule has 0 radical (unpaired) electrons. The van der Waals surface area contributed by atoms with Crippen LogP contribution in [-0.4, -0.2) is 17.1 Å². The Hall–Kier alpha value is -1.68. The minimum Gasteiger partial charge on any atom is -0.388 e. The molecule has 4 heteroatoms. The number of aliphatic hydroxyl groups is 1. The Morgan fingerprint density at radius 2 is 2.37 bits per heavy atom. The lowest BCUT2D eigenvalue weighted by molar-refractivity contribution is -0.123. The summed E-state index contributed by atoms with van der Waals surface area (Å²) in [4.78, 5) is 11.8. The Balaban J connectivity index is 1.87. The fourth-order valence-electron chi connectivity index (χ4n) is 2.21. The summed E-state index contributed by atoms with van der Waals surface area (Å²) in [7, 11) is 0. The van der Waals surface area contributed by atoms with E-state index in [1.165, 1.54) is 18.2 Å². The largest absolute Gasteiger partial charge is 0.388 e. The second-order valence-corrected chi connectivity index (χ2v) is 4.81. The van der Waals surface area contributed by atoms with Gasteiger partial charge in [0.2, 0.25) is 5.91 Å². The van der Waals surface area contributed by atoms with Crippen molar-refractivity contribution in [2.75, 3.05) is 0 Å². The fraction of sp³-hybridized carbons (Fsp3) is 0.400. The third-order valence-electron chi connectivity index (χ3n) is 3.21. The molecular formula is C15H18FNO2. The first-order valence-electron chi connectivity index (χ1n) is 6.54. The average molecular weight is 263 g/mol. The van der Waals surface area contributed by atoms with Crippen molar-refractivity contribution in [1.29, 1.82) is 0 Å². The van der Waals surface area contributed by atoms with Crippen molar-refractivity contribution in [1.82, 2.24) is 5.32 Å². The van der Waals surface area contributed by atoms with Crippen molar-refractivity contribution in [3.05, 3.63) is 47.8 Å². The van der Waals surface area contributed by atoms with Crippen LogP contribution in [0.25, 0.3) is 0 Å². The van der Waals surface area contributed by atoms with E-state index in [-0.39, 0.29) is 18.4 Å². The van der Waals surface area contributed by atoms with Crippen LogP contribution in [0.1, 0.15) is 37.4 Å². The highest BCUT2D eigenvalue weighted by Gasteiger charge is 2.16. The van der Waals surface area contributed by atoms with Crippen molar-refractivity contribution < 1.29 is 14.3 Å².